The molecule has 0 spiro atoms. The van der Waals surface area contributed by atoms with Gasteiger partial charge < -0.3 is 5.32 Å². The zero-order valence-corrected chi connectivity index (χ0v) is 20.3. The lowest BCUT2D eigenvalue weighted by atomic mass is 10.1. The Morgan fingerprint density at radius 1 is 1.08 bits per heavy atom. The van der Waals surface area contributed by atoms with Crippen LogP contribution in [0.2, 0.25) is 0 Å². The van der Waals surface area contributed by atoms with Crippen molar-refractivity contribution in [2.24, 2.45) is 0 Å². The van der Waals surface area contributed by atoms with E-state index >= 15 is 0 Å². The topological polar surface area (TPSA) is 105 Å². The number of benzene rings is 1. The van der Waals surface area contributed by atoms with Gasteiger partial charge >= 0.3 is 6.18 Å². The number of halogens is 6. The first-order chi connectivity index (χ1) is 17.8. The Bertz CT molecular complexity index is 1440. The summed E-state index contributed by atoms with van der Waals surface area (Å²) in [5.41, 5.74) is -0.0609. The van der Waals surface area contributed by atoms with Crippen molar-refractivity contribution in [2.45, 2.75) is 49.2 Å². The number of hydrogen-bond acceptors (Lipinski definition) is 6. The highest BCUT2D eigenvalue weighted by molar-refractivity contribution is 7.89. The molecule has 38 heavy (non-hydrogen) atoms. The summed E-state index contributed by atoms with van der Waals surface area (Å²) < 4.78 is 107. The smallest absolute Gasteiger partial charge is 0.351 e. The van der Waals surface area contributed by atoms with Crippen LogP contribution in [0.1, 0.15) is 24.7 Å². The predicted octanol–water partition coefficient (Wildman–Crippen LogP) is 3.64. The molecule has 0 radical (unpaired) electrons. The molecule has 1 saturated heterocycles. The molecule has 1 N–H and O–H groups in total. The summed E-state index contributed by atoms with van der Waals surface area (Å²) >= 11 is 0. The minimum absolute atomic E-state index is 0.0169. The van der Waals surface area contributed by atoms with Gasteiger partial charge in [0.05, 0.1) is 22.8 Å². The van der Waals surface area contributed by atoms with Crippen molar-refractivity contribution in [3.8, 4) is 11.3 Å². The lowest BCUT2D eigenvalue weighted by Gasteiger charge is -2.27. The maximum Gasteiger partial charge on any atom is 0.451 e. The second kappa shape index (κ2) is 10.3. The summed E-state index contributed by atoms with van der Waals surface area (Å²) in [5.74, 6) is -3.82. The van der Waals surface area contributed by atoms with Crippen LogP contribution in [0.3, 0.4) is 0 Å². The van der Waals surface area contributed by atoms with Gasteiger partial charge in [0.15, 0.2) is 0 Å². The number of carbonyl (C=O) groups is 1. The molecule has 0 saturated carbocycles. The summed E-state index contributed by atoms with van der Waals surface area (Å²) in [6, 6.07) is 2.31. The van der Waals surface area contributed by atoms with E-state index in [1.54, 1.807) is 0 Å². The van der Waals surface area contributed by atoms with Gasteiger partial charge in [-0.2, -0.15) is 17.5 Å². The molecule has 1 aromatic carbocycles. The first-order valence-corrected chi connectivity index (χ1v) is 12.5. The van der Waals surface area contributed by atoms with E-state index in [1.807, 2.05) is 0 Å². The SMILES string of the molecule is C[C@H]1[C@H](F)C[C@@H](C(=O)NCc2cc(-c3cnc(C(F)(F)F)nc3)ncc2F)N1S(=O)(=O)c1ccc(F)cc1. The number of nitrogens with zero attached hydrogens (tertiary/aromatic N) is 4. The lowest BCUT2D eigenvalue weighted by Crippen LogP contribution is -2.48. The van der Waals surface area contributed by atoms with Crippen molar-refractivity contribution < 1.29 is 39.6 Å². The van der Waals surface area contributed by atoms with Crippen molar-refractivity contribution in [1.82, 2.24) is 24.6 Å². The van der Waals surface area contributed by atoms with E-state index in [9.17, 15) is 39.6 Å². The molecule has 0 unspecified atom stereocenters. The van der Waals surface area contributed by atoms with E-state index in [2.05, 4.69) is 20.3 Å². The van der Waals surface area contributed by atoms with Gasteiger partial charge in [0.2, 0.25) is 21.8 Å². The molecule has 4 rings (SSSR count). The Balaban J connectivity index is 1.53. The number of nitrogens with one attached hydrogen (secondary N) is 1. The van der Waals surface area contributed by atoms with Crippen molar-refractivity contribution in [2.75, 3.05) is 0 Å². The van der Waals surface area contributed by atoms with Crippen molar-refractivity contribution in [3.05, 3.63) is 71.9 Å². The third-order valence-electron chi connectivity index (χ3n) is 5.96. The maximum atomic E-state index is 14.6. The van der Waals surface area contributed by atoms with Crippen LogP contribution in [-0.4, -0.2) is 51.8 Å². The minimum atomic E-state index is -4.75. The minimum Gasteiger partial charge on any atom is -0.351 e. The van der Waals surface area contributed by atoms with E-state index in [-0.39, 0.29) is 21.7 Å². The van der Waals surface area contributed by atoms with Gasteiger partial charge in [-0.3, -0.25) is 9.78 Å². The maximum absolute atomic E-state index is 14.6. The molecular weight excluding hydrogens is 540 g/mol. The average Bonchev–Trinajstić information content (AvgIpc) is 3.18. The average molecular weight is 559 g/mol. The molecule has 0 aliphatic carbocycles. The van der Waals surface area contributed by atoms with Crippen LogP contribution in [0.25, 0.3) is 11.3 Å². The fourth-order valence-electron chi connectivity index (χ4n) is 3.98. The highest BCUT2D eigenvalue weighted by atomic mass is 32.2. The quantitative estimate of drug-likeness (QED) is 0.463. The number of sulfonamides is 1. The molecule has 15 heteroatoms. The molecule has 202 valence electrons. The first kappa shape index (κ1) is 27.4. The van der Waals surface area contributed by atoms with Gasteiger partial charge in [-0.1, -0.05) is 0 Å². The van der Waals surface area contributed by atoms with Gasteiger partial charge in [-0.15, -0.1) is 0 Å². The Labute approximate surface area is 212 Å². The molecule has 0 bridgehead atoms. The van der Waals surface area contributed by atoms with Gasteiger partial charge in [0, 0.05) is 36.5 Å². The van der Waals surface area contributed by atoms with Crippen LogP contribution in [0, 0.1) is 11.6 Å². The Kier molecular flexibility index (Phi) is 7.43. The molecule has 8 nitrogen and oxygen atoms in total. The highest BCUT2D eigenvalue weighted by Crippen LogP contribution is 2.33. The van der Waals surface area contributed by atoms with E-state index < -0.39 is 70.8 Å². The van der Waals surface area contributed by atoms with Crippen LogP contribution >= 0.6 is 0 Å². The zero-order chi connectivity index (χ0) is 27.8. The number of amides is 1. The monoisotopic (exact) mass is 559 g/mol. The van der Waals surface area contributed by atoms with Gasteiger partial charge in [-0.05, 0) is 37.3 Å². The Morgan fingerprint density at radius 3 is 2.32 bits per heavy atom. The zero-order valence-electron chi connectivity index (χ0n) is 19.5. The van der Waals surface area contributed by atoms with Crippen LogP contribution in [0.15, 0.2) is 53.8 Å². The molecule has 1 fully saturated rings. The largest absolute Gasteiger partial charge is 0.451 e. The number of pyridine rings is 1. The summed E-state index contributed by atoms with van der Waals surface area (Å²) in [6.07, 6.45) is -4.38. The first-order valence-electron chi connectivity index (χ1n) is 11.0. The van der Waals surface area contributed by atoms with E-state index in [0.717, 1.165) is 48.9 Å². The molecule has 1 amide bonds. The molecular formula is C23H19F6N5O3S. The molecule has 3 aromatic rings. The van der Waals surface area contributed by atoms with E-state index in [4.69, 9.17) is 0 Å². The third kappa shape index (κ3) is 5.48. The Morgan fingerprint density at radius 2 is 1.71 bits per heavy atom. The normalized spacial score (nSPS) is 20.4. The fraction of sp³-hybridized carbons (Fsp3) is 0.304. The fourth-order valence-corrected chi connectivity index (χ4v) is 5.79. The Hall–Kier alpha value is -3.59. The number of alkyl halides is 4. The molecule has 3 heterocycles. The summed E-state index contributed by atoms with van der Waals surface area (Å²) in [6.45, 7) is 0.827. The van der Waals surface area contributed by atoms with E-state index in [0.29, 0.717) is 4.31 Å². The van der Waals surface area contributed by atoms with Crippen LogP contribution in [0.4, 0.5) is 26.3 Å². The molecule has 3 atom stereocenters. The van der Waals surface area contributed by atoms with Crippen molar-refractivity contribution in [1.29, 1.82) is 0 Å². The third-order valence-corrected chi connectivity index (χ3v) is 7.97. The second-order valence-corrected chi connectivity index (χ2v) is 10.3. The van der Waals surface area contributed by atoms with Crippen LogP contribution in [0.5, 0.6) is 0 Å². The number of hydrogen-bond donors (Lipinski definition) is 1. The van der Waals surface area contributed by atoms with Crippen LogP contribution < -0.4 is 5.32 Å². The standard InChI is InChI=1S/C23H19F6N5O3S/c1-12-17(25)7-20(34(12)38(36,37)16-4-2-15(24)3-5-16)21(35)31-8-13-6-19(30-11-18(13)26)14-9-32-22(33-10-14)23(27,28)29/h2-6,9-12,17,20H,7-8H2,1H3,(H,31,35)/t12-,17+,20-/m0/s1. The van der Waals surface area contributed by atoms with E-state index in [1.165, 1.54) is 6.92 Å². The molecule has 1 aliphatic rings. The van der Waals surface area contributed by atoms with Crippen molar-refractivity contribution in [3.63, 3.8) is 0 Å². The second-order valence-electron chi connectivity index (χ2n) is 8.47. The number of carbonyl (C=O) groups excluding carboxylic acids is 1. The number of aromatic nitrogens is 3. The van der Waals surface area contributed by atoms with Crippen molar-refractivity contribution >= 4 is 15.9 Å². The lowest BCUT2D eigenvalue weighted by molar-refractivity contribution is -0.145. The number of rotatable bonds is 6. The summed E-state index contributed by atoms with van der Waals surface area (Å²) in [7, 11) is -4.39. The van der Waals surface area contributed by atoms with Crippen LogP contribution in [-0.2, 0) is 27.5 Å². The predicted molar refractivity (Wildman–Crippen MR) is 120 cm³/mol. The van der Waals surface area contributed by atoms with Gasteiger partial charge in [0.25, 0.3) is 0 Å². The van der Waals surface area contributed by atoms with Gasteiger partial charge in [-0.25, -0.2) is 31.6 Å². The molecule has 1 aliphatic heterocycles. The molecule has 2 aromatic heterocycles. The highest BCUT2D eigenvalue weighted by Gasteiger charge is 2.49. The van der Waals surface area contributed by atoms with Gasteiger partial charge in [0.1, 0.15) is 23.8 Å². The summed E-state index contributed by atoms with van der Waals surface area (Å²) in [4.78, 5) is 22.8. The summed E-state index contributed by atoms with van der Waals surface area (Å²) in [5, 5.41) is 2.37.